The summed E-state index contributed by atoms with van der Waals surface area (Å²) in [4.78, 5) is 16.2. The Kier molecular flexibility index (Phi) is 7.44. The first-order valence-corrected chi connectivity index (χ1v) is 12.0. The third-order valence-electron chi connectivity index (χ3n) is 6.80. The number of piperidine rings is 1. The van der Waals surface area contributed by atoms with E-state index in [4.69, 9.17) is 4.74 Å². The Hall–Kier alpha value is -2.94. The molecule has 1 fully saturated rings. The van der Waals surface area contributed by atoms with Crippen molar-refractivity contribution in [3.63, 3.8) is 0 Å². The quantitative estimate of drug-likeness (QED) is 0.429. The van der Waals surface area contributed by atoms with Gasteiger partial charge in [-0.2, -0.15) is 4.98 Å². The number of nitrogens with one attached hydrogen (secondary N) is 1. The van der Waals surface area contributed by atoms with Crippen LogP contribution in [-0.4, -0.2) is 46.1 Å². The Bertz CT molecular complexity index is 1200. The fourth-order valence-electron chi connectivity index (χ4n) is 4.81. The molecule has 0 aliphatic carbocycles. The molecule has 0 amide bonds. The van der Waals surface area contributed by atoms with Crippen molar-refractivity contribution in [2.24, 2.45) is 0 Å². The number of alkyl halides is 2. The molecular formula is C26H32F3N5O. The predicted octanol–water partition coefficient (Wildman–Crippen LogP) is 6.18. The molecule has 0 spiro atoms. The van der Waals surface area contributed by atoms with Gasteiger partial charge in [0.1, 0.15) is 17.5 Å². The van der Waals surface area contributed by atoms with Crippen molar-refractivity contribution in [2.75, 3.05) is 25.5 Å². The highest BCUT2D eigenvalue weighted by Gasteiger charge is 2.27. The summed E-state index contributed by atoms with van der Waals surface area (Å²) in [5, 5.41) is 3.90. The summed E-state index contributed by atoms with van der Waals surface area (Å²) in [7, 11) is 1.61. The zero-order valence-electron chi connectivity index (χ0n) is 20.8. The Labute approximate surface area is 203 Å². The second kappa shape index (κ2) is 10.4. The molecule has 0 radical (unpaired) electrons. The van der Waals surface area contributed by atoms with Crippen LogP contribution in [0, 0.1) is 12.7 Å². The molecule has 1 N–H and O–H groups in total. The van der Waals surface area contributed by atoms with Crippen molar-refractivity contribution in [1.29, 1.82) is 0 Å². The van der Waals surface area contributed by atoms with E-state index >= 15 is 0 Å². The number of benzene rings is 1. The minimum Gasteiger partial charge on any atom is -0.481 e. The van der Waals surface area contributed by atoms with Gasteiger partial charge in [-0.3, -0.25) is 0 Å². The van der Waals surface area contributed by atoms with Gasteiger partial charge in [-0.15, -0.1) is 0 Å². The number of ether oxygens (including phenoxy) is 1. The van der Waals surface area contributed by atoms with Gasteiger partial charge in [0.25, 0.3) is 6.43 Å². The van der Waals surface area contributed by atoms with E-state index in [0.717, 1.165) is 37.6 Å². The van der Waals surface area contributed by atoms with Crippen LogP contribution in [0.2, 0.25) is 0 Å². The fraction of sp³-hybridized carbons (Fsp3) is 0.500. The summed E-state index contributed by atoms with van der Waals surface area (Å²) >= 11 is 0. The van der Waals surface area contributed by atoms with Crippen LogP contribution in [0.3, 0.4) is 0 Å². The van der Waals surface area contributed by atoms with Gasteiger partial charge in [-0.05, 0) is 65.6 Å². The van der Waals surface area contributed by atoms with Crippen molar-refractivity contribution in [3.8, 4) is 5.88 Å². The number of aryl methyl sites for hydroxylation is 1. The van der Waals surface area contributed by atoms with Crippen LogP contribution in [0.5, 0.6) is 5.88 Å². The summed E-state index contributed by atoms with van der Waals surface area (Å²) in [6.45, 7) is 9.87. The monoisotopic (exact) mass is 487 g/mol. The lowest BCUT2D eigenvalue weighted by Crippen LogP contribution is -2.37. The first-order chi connectivity index (χ1) is 16.7. The number of hydrogen-bond acceptors (Lipinski definition) is 6. The summed E-state index contributed by atoms with van der Waals surface area (Å²) in [6, 6.07) is 5.96. The molecule has 1 aromatic carbocycles. The minimum absolute atomic E-state index is 0.148. The van der Waals surface area contributed by atoms with Gasteiger partial charge in [0, 0.05) is 17.2 Å². The third kappa shape index (κ3) is 5.19. The second-order valence-corrected chi connectivity index (χ2v) is 9.40. The van der Waals surface area contributed by atoms with Gasteiger partial charge in [0.15, 0.2) is 5.65 Å². The average Bonchev–Trinajstić information content (AvgIpc) is 2.83. The molecule has 1 saturated heterocycles. The highest BCUT2D eigenvalue weighted by atomic mass is 19.3. The Morgan fingerprint density at radius 1 is 1.06 bits per heavy atom. The molecule has 35 heavy (non-hydrogen) atoms. The van der Waals surface area contributed by atoms with Crippen molar-refractivity contribution >= 4 is 16.9 Å². The van der Waals surface area contributed by atoms with E-state index in [1.54, 1.807) is 21.0 Å². The molecule has 1 atom stereocenters. The number of nitrogens with zero attached hydrogens (tertiary/aromatic N) is 4. The molecule has 3 aromatic rings. The number of fused-ring (bicyclic) bond motifs is 1. The number of pyridine rings is 1. The molecule has 188 valence electrons. The van der Waals surface area contributed by atoms with E-state index in [1.807, 2.05) is 6.07 Å². The van der Waals surface area contributed by atoms with Crippen LogP contribution in [0.25, 0.3) is 11.0 Å². The van der Waals surface area contributed by atoms with E-state index in [2.05, 4.69) is 39.0 Å². The summed E-state index contributed by atoms with van der Waals surface area (Å²) in [6.07, 6.45) is -0.913. The van der Waals surface area contributed by atoms with Crippen LogP contribution >= 0.6 is 0 Å². The highest BCUT2D eigenvalue weighted by molar-refractivity contribution is 5.88. The number of hydrogen-bond donors (Lipinski definition) is 1. The van der Waals surface area contributed by atoms with Gasteiger partial charge in [-0.1, -0.05) is 18.2 Å². The molecule has 1 aliphatic rings. The standard InChI is InChI=1S/C26H32F3N5O/c1-14(2)34-11-9-17(10-12-34)20-13-21-24(31-16(4)32-25(21)33-26(20)35-5)30-15(3)18-7-6-8-19(22(18)27)23(28)29/h6-8,13-15,17,23H,9-12H2,1-5H3,(H,30,31,32,33)/t15-/m1/s1. The Balaban J connectivity index is 1.71. The zero-order chi connectivity index (χ0) is 25.3. The van der Waals surface area contributed by atoms with E-state index in [-0.39, 0.29) is 11.5 Å². The van der Waals surface area contributed by atoms with Crippen LogP contribution in [-0.2, 0) is 0 Å². The number of halogens is 3. The maximum Gasteiger partial charge on any atom is 0.266 e. The molecule has 2 aromatic heterocycles. The molecule has 0 bridgehead atoms. The Morgan fingerprint density at radius 2 is 1.74 bits per heavy atom. The highest BCUT2D eigenvalue weighted by Crippen LogP contribution is 2.37. The lowest BCUT2D eigenvalue weighted by molar-refractivity contribution is 0.146. The van der Waals surface area contributed by atoms with Crippen molar-refractivity contribution in [2.45, 2.75) is 65.0 Å². The van der Waals surface area contributed by atoms with Crippen molar-refractivity contribution in [1.82, 2.24) is 19.9 Å². The normalized spacial score (nSPS) is 16.3. The molecule has 1 aliphatic heterocycles. The fourth-order valence-corrected chi connectivity index (χ4v) is 4.81. The van der Waals surface area contributed by atoms with Crippen LogP contribution < -0.4 is 10.1 Å². The van der Waals surface area contributed by atoms with Crippen molar-refractivity contribution in [3.05, 3.63) is 52.6 Å². The summed E-state index contributed by atoms with van der Waals surface area (Å²) in [5.74, 6) is 0.895. The Morgan fingerprint density at radius 3 is 2.37 bits per heavy atom. The number of rotatable bonds is 7. The van der Waals surface area contributed by atoms with Crippen LogP contribution in [0.15, 0.2) is 24.3 Å². The molecule has 4 rings (SSSR count). The molecule has 6 nitrogen and oxygen atoms in total. The molecule has 3 heterocycles. The number of likely N-dealkylation sites (tertiary alicyclic amines) is 1. The van der Waals surface area contributed by atoms with E-state index in [9.17, 15) is 13.2 Å². The van der Waals surface area contributed by atoms with Crippen LogP contribution in [0.4, 0.5) is 19.0 Å². The summed E-state index contributed by atoms with van der Waals surface area (Å²) < 4.78 is 46.8. The molecule has 0 unspecified atom stereocenters. The second-order valence-electron chi connectivity index (χ2n) is 9.40. The molecule has 9 heteroatoms. The zero-order valence-corrected chi connectivity index (χ0v) is 20.8. The van der Waals surface area contributed by atoms with E-state index < -0.39 is 23.8 Å². The number of anilines is 1. The number of methoxy groups -OCH3 is 1. The largest absolute Gasteiger partial charge is 0.481 e. The van der Waals surface area contributed by atoms with Gasteiger partial charge in [-0.25, -0.2) is 23.1 Å². The topological polar surface area (TPSA) is 63.2 Å². The molecule has 0 saturated carbocycles. The smallest absolute Gasteiger partial charge is 0.266 e. The third-order valence-corrected chi connectivity index (χ3v) is 6.80. The van der Waals surface area contributed by atoms with E-state index in [0.29, 0.717) is 34.6 Å². The van der Waals surface area contributed by atoms with Gasteiger partial charge in [0.05, 0.1) is 24.1 Å². The van der Waals surface area contributed by atoms with Crippen molar-refractivity contribution < 1.29 is 17.9 Å². The maximum absolute atomic E-state index is 14.8. The maximum atomic E-state index is 14.8. The minimum atomic E-state index is -2.88. The SMILES string of the molecule is COc1nc2nc(C)nc(N[C@H](C)c3cccc(C(F)F)c3F)c2cc1C1CCN(C(C)C)CC1. The van der Waals surface area contributed by atoms with Gasteiger partial charge in [0.2, 0.25) is 5.88 Å². The lowest BCUT2D eigenvalue weighted by atomic mass is 9.89. The first-order valence-electron chi connectivity index (χ1n) is 12.0. The predicted molar refractivity (Wildman–Crippen MR) is 131 cm³/mol. The van der Waals surface area contributed by atoms with Gasteiger partial charge >= 0.3 is 0 Å². The lowest BCUT2D eigenvalue weighted by Gasteiger charge is -2.35. The number of aromatic nitrogens is 3. The average molecular weight is 488 g/mol. The molecular weight excluding hydrogens is 455 g/mol. The first kappa shape index (κ1) is 25.2. The summed E-state index contributed by atoms with van der Waals surface area (Å²) in [5.41, 5.74) is 1.00. The van der Waals surface area contributed by atoms with Gasteiger partial charge < -0.3 is 15.0 Å². The van der Waals surface area contributed by atoms with Crippen LogP contribution in [0.1, 0.15) is 74.5 Å². The van der Waals surface area contributed by atoms with E-state index in [1.165, 1.54) is 12.1 Å².